The summed E-state index contributed by atoms with van der Waals surface area (Å²) in [6.45, 7) is 0.139. The van der Waals surface area contributed by atoms with Gasteiger partial charge in [0.05, 0.1) is 24.6 Å². The fourth-order valence-electron chi connectivity index (χ4n) is 5.06. The van der Waals surface area contributed by atoms with Crippen LogP contribution in [0.15, 0.2) is 18.3 Å². The normalized spacial score (nSPS) is 19.4. The minimum atomic E-state index is -4.71. The zero-order valence-corrected chi connectivity index (χ0v) is 20.6. The number of hydrogen-bond donors (Lipinski definition) is 2. The number of likely N-dealkylation sites (tertiary alicyclic amines) is 1. The maximum atomic E-state index is 13.7. The number of amides is 1. The zero-order chi connectivity index (χ0) is 27.5. The lowest BCUT2D eigenvalue weighted by molar-refractivity contribution is -0.138. The highest BCUT2D eigenvalue weighted by Crippen LogP contribution is 2.38. The van der Waals surface area contributed by atoms with Gasteiger partial charge in [-0.05, 0) is 44.4 Å². The van der Waals surface area contributed by atoms with Gasteiger partial charge in [-0.1, -0.05) is 12.8 Å². The number of aromatic nitrogens is 4. The summed E-state index contributed by atoms with van der Waals surface area (Å²) < 4.78 is 69.9. The van der Waals surface area contributed by atoms with Crippen molar-refractivity contribution in [3.63, 3.8) is 0 Å². The molecule has 2 aromatic heterocycles. The van der Waals surface area contributed by atoms with E-state index in [9.17, 15) is 36.6 Å². The van der Waals surface area contributed by atoms with E-state index in [-0.39, 0.29) is 31.3 Å². The number of piperidine rings is 1. The standard InChI is InChI=1S/C24H29F5N6O3/c25-23(26)9-4-11-34(14-23)12-8-15(13-18(36)37)31-22(38)20-32-21(35(33-20)16-5-1-2-6-16)19-17(24(27,28)29)7-3-10-30-19/h3,7,10,15-16H,1-2,4-6,8-9,11-14H2,(H,31,38)(H,36,37)/t15-/m0/s1. The predicted molar refractivity (Wildman–Crippen MR) is 125 cm³/mol. The Morgan fingerprint density at radius 1 is 1.21 bits per heavy atom. The molecule has 0 radical (unpaired) electrons. The fraction of sp³-hybridized carbons (Fsp3) is 0.625. The molecule has 2 fully saturated rings. The molecule has 1 amide bonds. The van der Waals surface area contributed by atoms with Crippen molar-refractivity contribution in [1.82, 2.24) is 30.0 Å². The van der Waals surface area contributed by atoms with Crippen LogP contribution in [0.25, 0.3) is 11.5 Å². The first-order valence-corrected chi connectivity index (χ1v) is 12.5. The second kappa shape index (κ2) is 11.3. The van der Waals surface area contributed by atoms with Gasteiger partial charge in [-0.2, -0.15) is 13.2 Å². The van der Waals surface area contributed by atoms with Crippen molar-refractivity contribution in [2.75, 3.05) is 19.6 Å². The van der Waals surface area contributed by atoms with Crippen LogP contribution in [-0.4, -0.2) is 73.2 Å². The Morgan fingerprint density at radius 3 is 2.61 bits per heavy atom. The third-order valence-electron chi connectivity index (χ3n) is 6.85. The Hall–Kier alpha value is -3.16. The number of carbonyl (C=O) groups excluding carboxylic acids is 1. The van der Waals surface area contributed by atoms with Gasteiger partial charge in [0.25, 0.3) is 11.8 Å². The van der Waals surface area contributed by atoms with E-state index in [2.05, 4.69) is 20.4 Å². The van der Waals surface area contributed by atoms with Crippen molar-refractivity contribution in [1.29, 1.82) is 0 Å². The molecule has 0 bridgehead atoms. The number of carboxylic acids is 1. The Morgan fingerprint density at radius 2 is 1.95 bits per heavy atom. The molecule has 1 saturated heterocycles. The molecule has 0 aromatic carbocycles. The summed E-state index contributed by atoms with van der Waals surface area (Å²) in [6.07, 6.45) is -0.813. The molecular formula is C24H29F5N6O3. The van der Waals surface area contributed by atoms with Crippen LogP contribution >= 0.6 is 0 Å². The molecule has 3 heterocycles. The van der Waals surface area contributed by atoms with Gasteiger partial charge in [0.1, 0.15) is 5.69 Å². The number of aliphatic carboxylic acids is 1. The van der Waals surface area contributed by atoms with Crippen LogP contribution in [0.3, 0.4) is 0 Å². The minimum absolute atomic E-state index is 0.0861. The van der Waals surface area contributed by atoms with Crippen molar-refractivity contribution in [2.24, 2.45) is 0 Å². The smallest absolute Gasteiger partial charge is 0.418 e. The van der Waals surface area contributed by atoms with E-state index in [1.54, 1.807) is 0 Å². The van der Waals surface area contributed by atoms with Crippen LogP contribution in [0.5, 0.6) is 0 Å². The largest absolute Gasteiger partial charge is 0.481 e. The Balaban J connectivity index is 1.57. The van der Waals surface area contributed by atoms with Crippen molar-refractivity contribution < 1.29 is 36.6 Å². The Bertz CT molecular complexity index is 1150. The van der Waals surface area contributed by atoms with Crippen molar-refractivity contribution >= 4 is 11.9 Å². The lowest BCUT2D eigenvalue weighted by Gasteiger charge is -2.33. The number of nitrogens with zero attached hydrogens (tertiary/aromatic N) is 5. The van der Waals surface area contributed by atoms with Gasteiger partial charge >= 0.3 is 12.1 Å². The molecule has 208 valence electrons. The third kappa shape index (κ3) is 6.83. The monoisotopic (exact) mass is 544 g/mol. The van der Waals surface area contributed by atoms with Crippen LogP contribution in [0, 0.1) is 0 Å². The van der Waals surface area contributed by atoms with Crippen LogP contribution < -0.4 is 5.32 Å². The number of hydrogen-bond acceptors (Lipinski definition) is 6. The summed E-state index contributed by atoms with van der Waals surface area (Å²) in [4.78, 5) is 34.0. The average Bonchev–Trinajstić information content (AvgIpc) is 3.51. The number of rotatable bonds is 9. The van der Waals surface area contributed by atoms with Crippen LogP contribution in [0.1, 0.15) is 73.6 Å². The number of pyridine rings is 1. The maximum Gasteiger partial charge on any atom is 0.418 e. The van der Waals surface area contributed by atoms with E-state index >= 15 is 0 Å². The summed E-state index contributed by atoms with van der Waals surface area (Å²) in [6, 6.07) is 0.851. The minimum Gasteiger partial charge on any atom is -0.481 e. The molecule has 14 heteroatoms. The third-order valence-corrected chi connectivity index (χ3v) is 6.85. The second-order valence-electron chi connectivity index (χ2n) is 9.83. The molecular weight excluding hydrogens is 515 g/mol. The number of alkyl halides is 5. The van der Waals surface area contributed by atoms with E-state index in [4.69, 9.17) is 0 Å². The molecule has 2 aliphatic rings. The highest BCUT2D eigenvalue weighted by Gasteiger charge is 2.38. The highest BCUT2D eigenvalue weighted by molar-refractivity contribution is 5.91. The van der Waals surface area contributed by atoms with E-state index in [0.717, 1.165) is 25.0 Å². The van der Waals surface area contributed by atoms with Gasteiger partial charge < -0.3 is 10.4 Å². The summed E-state index contributed by atoms with van der Waals surface area (Å²) in [5, 5.41) is 16.1. The molecule has 2 N–H and O–H groups in total. The molecule has 1 aliphatic carbocycles. The molecule has 2 aromatic rings. The molecule has 0 unspecified atom stereocenters. The first kappa shape index (κ1) is 27.9. The van der Waals surface area contributed by atoms with Gasteiger partial charge in [0.15, 0.2) is 5.82 Å². The van der Waals surface area contributed by atoms with Crippen LogP contribution in [0.4, 0.5) is 22.0 Å². The van der Waals surface area contributed by atoms with Crippen molar-refractivity contribution in [3.8, 4) is 11.5 Å². The van der Waals surface area contributed by atoms with Gasteiger partial charge in [0, 0.05) is 25.2 Å². The summed E-state index contributed by atoms with van der Waals surface area (Å²) in [5.41, 5.74) is -1.47. The van der Waals surface area contributed by atoms with Gasteiger partial charge in [-0.15, -0.1) is 5.10 Å². The summed E-state index contributed by atoms with van der Waals surface area (Å²) in [7, 11) is 0. The second-order valence-corrected chi connectivity index (χ2v) is 9.83. The Kier molecular flexibility index (Phi) is 8.28. The maximum absolute atomic E-state index is 13.7. The van der Waals surface area contributed by atoms with Gasteiger partial charge in [0.2, 0.25) is 5.82 Å². The van der Waals surface area contributed by atoms with Gasteiger partial charge in [-0.25, -0.2) is 18.4 Å². The topological polar surface area (TPSA) is 113 Å². The first-order chi connectivity index (χ1) is 17.9. The van der Waals surface area contributed by atoms with Crippen LogP contribution in [0.2, 0.25) is 0 Å². The molecule has 0 spiro atoms. The number of carbonyl (C=O) groups is 2. The molecule has 9 nitrogen and oxygen atoms in total. The van der Waals surface area contributed by atoms with E-state index in [1.165, 1.54) is 15.8 Å². The molecule has 4 rings (SSSR count). The summed E-state index contributed by atoms with van der Waals surface area (Å²) >= 11 is 0. The number of nitrogens with one attached hydrogen (secondary N) is 1. The van der Waals surface area contributed by atoms with E-state index < -0.39 is 60.1 Å². The van der Waals surface area contributed by atoms with Crippen molar-refractivity contribution in [3.05, 3.63) is 29.7 Å². The average molecular weight is 545 g/mol. The lowest BCUT2D eigenvalue weighted by Crippen LogP contribution is -2.45. The molecule has 38 heavy (non-hydrogen) atoms. The Labute approximate surface area is 215 Å². The fourth-order valence-corrected chi connectivity index (χ4v) is 5.06. The van der Waals surface area contributed by atoms with Crippen LogP contribution in [-0.2, 0) is 11.0 Å². The predicted octanol–water partition coefficient (Wildman–Crippen LogP) is 4.17. The zero-order valence-electron chi connectivity index (χ0n) is 20.6. The van der Waals surface area contributed by atoms with E-state index in [1.807, 2.05) is 0 Å². The summed E-state index contributed by atoms with van der Waals surface area (Å²) in [5.74, 6) is -5.49. The quantitative estimate of drug-likeness (QED) is 0.456. The number of carboxylic acid groups (broad SMARTS) is 1. The number of halogens is 5. The lowest BCUT2D eigenvalue weighted by atomic mass is 10.1. The SMILES string of the molecule is O=C(O)C[C@H](CCN1CCCC(F)(F)C1)NC(=O)c1nc(-c2ncccc2C(F)(F)F)n(C2CCCC2)n1. The highest BCUT2D eigenvalue weighted by atomic mass is 19.4. The van der Waals surface area contributed by atoms with Crippen molar-refractivity contribution in [2.45, 2.75) is 75.5 Å². The molecule has 1 saturated carbocycles. The molecule has 1 aliphatic heterocycles. The first-order valence-electron chi connectivity index (χ1n) is 12.5. The van der Waals surface area contributed by atoms with Gasteiger partial charge in [-0.3, -0.25) is 19.5 Å². The van der Waals surface area contributed by atoms with E-state index in [0.29, 0.717) is 25.8 Å². The molecule has 1 atom stereocenters.